The molecule has 1 saturated heterocycles. The molecule has 2 aromatic carbocycles. The van der Waals surface area contributed by atoms with Crippen molar-refractivity contribution in [2.24, 2.45) is 0 Å². The van der Waals surface area contributed by atoms with E-state index in [1.807, 2.05) is 30.3 Å². The second-order valence-electron chi connectivity index (χ2n) is 8.62. The normalized spacial score (nSPS) is 23.2. The maximum absolute atomic E-state index is 10.0. The maximum atomic E-state index is 10.0. The Kier molecular flexibility index (Phi) is 5.71. The van der Waals surface area contributed by atoms with Crippen LogP contribution in [0.2, 0.25) is 0 Å². The van der Waals surface area contributed by atoms with Gasteiger partial charge in [-0.1, -0.05) is 18.2 Å². The monoisotopic (exact) mass is 419 g/mol. The van der Waals surface area contributed by atoms with Crippen LogP contribution in [0.1, 0.15) is 31.2 Å². The molecule has 5 rings (SSSR count). The van der Waals surface area contributed by atoms with Crippen molar-refractivity contribution >= 4 is 5.69 Å². The Balaban J connectivity index is 1.30. The molecule has 1 aliphatic carbocycles. The molecule has 6 nitrogen and oxygen atoms in total. The molecule has 2 fully saturated rings. The van der Waals surface area contributed by atoms with Gasteiger partial charge in [0.25, 0.3) is 0 Å². The molecule has 0 amide bonds. The van der Waals surface area contributed by atoms with Gasteiger partial charge in [-0.3, -0.25) is 0 Å². The van der Waals surface area contributed by atoms with Gasteiger partial charge in [0.1, 0.15) is 19.3 Å². The molecule has 0 unspecified atom stereocenters. The average molecular weight is 420 g/mol. The number of fused-ring (bicyclic) bond motifs is 1. The molecule has 2 heterocycles. The topological polar surface area (TPSA) is 66.8 Å². The third-order valence-electron chi connectivity index (χ3n) is 6.74. The number of nitrogens with zero attached hydrogens (tertiary/aromatic N) is 2. The number of nitrogens with one attached hydrogen (secondary N) is 1. The SMILES string of the molecule is COC1CC(NC2CCN(c3cccc(-c4ccc5c(c4)OCCO5)c3C#N)CC2)C1. The van der Waals surface area contributed by atoms with E-state index < -0.39 is 0 Å². The third-order valence-corrected chi connectivity index (χ3v) is 6.74. The minimum Gasteiger partial charge on any atom is -0.486 e. The summed E-state index contributed by atoms with van der Waals surface area (Å²) in [5.74, 6) is 1.51. The van der Waals surface area contributed by atoms with Crippen LogP contribution >= 0.6 is 0 Å². The molecule has 1 saturated carbocycles. The molecule has 0 aromatic heterocycles. The Hall–Kier alpha value is -2.75. The zero-order chi connectivity index (χ0) is 21.2. The lowest BCUT2D eigenvalue weighted by molar-refractivity contribution is 0.0133. The van der Waals surface area contributed by atoms with E-state index in [4.69, 9.17) is 14.2 Å². The Bertz CT molecular complexity index is 972. The van der Waals surface area contributed by atoms with Crippen LogP contribution in [0.25, 0.3) is 11.1 Å². The van der Waals surface area contributed by atoms with Crippen molar-refractivity contribution in [1.82, 2.24) is 5.32 Å². The van der Waals surface area contributed by atoms with Gasteiger partial charge < -0.3 is 24.4 Å². The van der Waals surface area contributed by atoms with Crippen molar-refractivity contribution in [3.63, 3.8) is 0 Å². The lowest BCUT2D eigenvalue weighted by Gasteiger charge is -2.41. The van der Waals surface area contributed by atoms with E-state index in [0.717, 1.165) is 72.6 Å². The van der Waals surface area contributed by atoms with Gasteiger partial charge in [0, 0.05) is 37.8 Å². The Labute approximate surface area is 183 Å². The first-order valence-electron chi connectivity index (χ1n) is 11.2. The number of piperidine rings is 1. The van der Waals surface area contributed by atoms with Gasteiger partial charge in [-0.25, -0.2) is 0 Å². The van der Waals surface area contributed by atoms with Crippen LogP contribution in [0, 0.1) is 11.3 Å². The second-order valence-corrected chi connectivity index (χ2v) is 8.62. The van der Waals surface area contributed by atoms with Gasteiger partial charge in [-0.05, 0) is 49.4 Å². The number of hydrogen-bond donors (Lipinski definition) is 1. The van der Waals surface area contributed by atoms with Crippen LogP contribution in [0.5, 0.6) is 11.5 Å². The quantitative estimate of drug-likeness (QED) is 0.797. The summed E-state index contributed by atoms with van der Waals surface area (Å²) >= 11 is 0. The van der Waals surface area contributed by atoms with Crippen molar-refractivity contribution in [2.45, 2.75) is 43.9 Å². The highest BCUT2D eigenvalue weighted by Gasteiger charge is 2.32. The minimum absolute atomic E-state index is 0.430. The summed E-state index contributed by atoms with van der Waals surface area (Å²) < 4.78 is 16.8. The summed E-state index contributed by atoms with van der Waals surface area (Å²) in [7, 11) is 1.80. The number of benzene rings is 2. The smallest absolute Gasteiger partial charge is 0.161 e. The lowest BCUT2D eigenvalue weighted by atomic mass is 9.87. The van der Waals surface area contributed by atoms with E-state index in [-0.39, 0.29) is 0 Å². The fraction of sp³-hybridized carbons (Fsp3) is 0.480. The van der Waals surface area contributed by atoms with Crippen LogP contribution in [-0.4, -0.2) is 51.6 Å². The number of methoxy groups -OCH3 is 1. The maximum Gasteiger partial charge on any atom is 0.161 e. The van der Waals surface area contributed by atoms with E-state index in [2.05, 4.69) is 22.4 Å². The van der Waals surface area contributed by atoms with Gasteiger partial charge in [-0.15, -0.1) is 0 Å². The average Bonchev–Trinajstić information content (AvgIpc) is 2.80. The molecule has 3 aliphatic rings. The Morgan fingerprint density at radius 2 is 1.81 bits per heavy atom. The van der Waals surface area contributed by atoms with Gasteiger partial charge in [-0.2, -0.15) is 5.26 Å². The number of anilines is 1. The molecule has 1 N–H and O–H groups in total. The lowest BCUT2D eigenvalue weighted by Crippen LogP contribution is -2.52. The van der Waals surface area contributed by atoms with Crippen LogP contribution in [-0.2, 0) is 4.74 Å². The summed E-state index contributed by atoms with van der Waals surface area (Å²) in [5.41, 5.74) is 3.68. The standard InChI is InChI=1S/C25H29N3O3/c1-29-20-14-19(15-20)27-18-7-9-28(10-8-18)23-4-2-3-21(22(23)16-26)17-5-6-24-25(13-17)31-12-11-30-24/h2-6,13,18-20,27H,7-12,14-15H2,1H3. The summed E-state index contributed by atoms with van der Waals surface area (Å²) in [4.78, 5) is 2.36. The summed E-state index contributed by atoms with van der Waals surface area (Å²) in [6.07, 6.45) is 4.85. The Morgan fingerprint density at radius 3 is 2.55 bits per heavy atom. The van der Waals surface area contributed by atoms with Crippen molar-refractivity contribution < 1.29 is 14.2 Å². The van der Waals surface area contributed by atoms with Crippen molar-refractivity contribution in [3.8, 4) is 28.7 Å². The van der Waals surface area contributed by atoms with E-state index in [1.54, 1.807) is 7.11 Å². The predicted molar refractivity (Wildman–Crippen MR) is 120 cm³/mol. The molecule has 0 spiro atoms. The van der Waals surface area contributed by atoms with Crippen LogP contribution in [0.3, 0.4) is 0 Å². The van der Waals surface area contributed by atoms with E-state index in [0.29, 0.717) is 31.4 Å². The number of ether oxygens (including phenoxy) is 3. The molecule has 0 bridgehead atoms. The highest BCUT2D eigenvalue weighted by Crippen LogP contribution is 2.38. The first-order valence-corrected chi connectivity index (χ1v) is 11.2. The predicted octanol–water partition coefficient (Wildman–Crippen LogP) is 3.73. The number of rotatable bonds is 5. The molecular weight excluding hydrogens is 390 g/mol. The molecule has 2 aliphatic heterocycles. The van der Waals surface area contributed by atoms with E-state index in [1.165, 1.54) is 0 Å². The van der Waals surface area contributed by atoms with Crippen molar-refractivity contribution in [3.05, 3.63) is 42.0 Å². The molecule has 162 valence electrons. The van der Waals surface area contributed by atoms with Gasteiger partial charge in [0.15, 0.2) is 11.5 Å². The highest BCUT2D eigenvalue weighted by molar-refractivity contribution is 5.79. The molecule has 2 aromatic rings. The van der Waals surface area contributed by atoms with Crippen LogP contribution in [0.4, 0.5) is 5.69 Å². The third kappa shape index (κ3) is 4.08. The molecule has 31 heavy (non-hydrogen) atoms. The summed E-state index contributed by atoms with van der Waals surface area (Å²) in [6.45, 7) is 3.04. The first-order chi connectivity index (χ1) is 15.2. The van der Waals surface area contributed by atoms with Crippen LogP contribution in [0.15, 0.2) is 36.4 Å². The largest absolute Gasteiger partial charge is 0.486 e. The highest BCUT2D eigenvalue weighted by atomic mass is 16.6. The van der Waals surface area contributed by atoms with Crippen molar-refractivity contribution in [2.75, 3.05) is 38.3 Å². The second kappa shape index (κ2) is 8.78. The zero-order valence-electron chi connectivity index (χ0n) is 18.0. The van der Waals surface area contributed by atoms with Crippen LogP contribution < -0.4 is 19.7 Å². The van der Waals surface area contributed by atoms with E-state index >= 15 is 0 Å². The first kappa shape index (κ1) is 20.2. The number of nitriles is 1. The fourth-order valence-electron chi connectivity index (χ4n) is 4.89. The molecular formula is C25H29N3O3. The molecule has 0 radical (unpaired) electrons. The van der Waals surface area contributed by atoms with E-state index in [9.17, 15) is 5.26 Å². The zero-order valence-corrected chi connectivity index (χ0v) is 18.0. The summed E-state index contributed by atoms with van der Waals surface area (Å²) in [6, 6.07) is 15.7. The Morgan fingerprint density at radius 1 is 1.03 bits per heavy atom. The van der Waals surface area contributed by atoms with Gasteiger partial charge in [0.05, 0.1) is 17.4 Å². The van der Waals surface area contributed by atoms with Crippen molar-refractivity contribution in [1.29, 1.82) is 5.26 Å². The van der Waals surface area contributed by atoms with Gasteiger partial charge >= 0.3 is 0 Å². The molecule has 6 heteroatoms. The minimum atomic E-state index is 0.430. The summed E-state index contributed by atoms with van der Waals surface area (Å²) in [5, 5.41) is 13.8. The molecule has 0 atom stereocenters. The fourth-order valence-corrected chi connectivity index (χ4v) is 4.89. The number of hydrogen-bond acceptors (Lipinski definition) is 6. The van der Waals surface area contributed by atoms with Gasteiger partial charge in [0.2, 0.25) is 0 Å².